The number of hydrogen-bond acceptors (Lipinski definition) is 4. The fraction of sp³-hybridized carbons (Fsp3) is 0.182. The Bertz CT molecular complexity index is 1100. The van der Waals surface area contributed by atoms with E-state index in [1.165, 1.54) is 19.3 Å². The zero-order valence-electron chi connectivity index (χ0n) is 14.9. The van der Waals surface area contributed by atoms with Crippen molar-refractivity contribution in [2.45, 2.75) is 25.2 Å². The highest BCUT2D eigenvalue weighted by atomic mass is 16.5. The van der Waals surface area contributed by atoms with Crippen LogP contribution in [0.3, 0.4) is 0 Å². The molecule has 0 amide bonds. The second kappa shape index (κ2) is 6.43. The number of anilines is 1. The Hall–Kier alpha value is -3.34. The number of aromatic nitrogens is 3. The minimum Gasteiger partial charge on any atom is -0.457 e. The molecule has 1 aliphatic carbocycles. The lowest BCUT2D eigenvalue weighted by Crippen LogP contribution is -2.12. The van der Waals surface area contributed by atoms with E-state index in [2.05, 4.69) is 9.38 Å². The molecule has 0 saturated heterocycles. The van der Waals surface area contributed by atoms with Gasteiger partial charge in [-0.2, -0.15) is 0 Å². The number of nitrogens with two attached hydrogens (primary N) is 1. The van der Waals surface area contributed by atoms with E-state index in [4.69, 9.17) is 15.5 Å². The summed E-state index contributed by atoms with van der Waals surface area (Å²) >= 11 is 0. The van der Waals surface area contributed by atoms with Crippen molar-refractivity contribution in [2.75, 3.05) is 5.73 Å². The van der Waals surface area contributed by atoms with Crippen LogP contribution in [-0.2, 0) is 0 Å². The Labute approximate surface area is 157 Å². The number of hydrogen-bond donors (Lipinski definition) is 1. The van der Waals surface area contributed by atoms with E-state index in [-0.39, 0.29) is 0 Å². The number of ether oxygens (including phenoxy) is 1. The first kappa shape index (κ1) is 15.9. The van der Waals surface area contributed by atoms with Crippen LogP contribution in [0.4, 0.5) is 5.69 Å². The first-order chi connectivity index (χ1) is 13.3. The lowest BCUT2D eigenvalue weighted by atomic mass is 9.85. The van der Waals surface area contributed by atoms with Crippen molar-refractivity contribution in [2.24, 2.45) is 0 Å². The topological polar surface area (TPSA) is 65.4 Å². The summed E-state index contributed by atoms with van der Waals surface area (Å²) in [6.45, 7) is 0. The second-order valence-electron chi connectivity index (χ2n) is 6.98. The van der Waals surface area contributed by atoms with E-state index < -0.39 is 0 Å². The maximum absolute atomic E-state index is 5.89. The maximum atomic E-state index is 5.89. The van der Waals surface area contributed by atoms with Gasteiger partial charge in [-0.15, -0.1) is 0 Å². The fourth-order valence-electron chi connectivity index (χ4n) is 3.52. The van der Waals surface area contributed by atoms with Crippen LogP contribution in [0, 0.1) is 0 Å². The molecule has 4 aromatic rings. The Balaban J connectivity index is 1.48. The smallest absolute Gasteiger partial charge is 0.129 e. The molecule has 2 aromatic carbocycles. The van der Waals surface area contributed by atoms with Gasteiger partial charge in [0.2, 0.25) is 0 Å². The standard InChI is InChI=1S/C22H20N4O/c23-17-5-2-6-19(13-17)27-18-9-7-15(8-10-18)21-20-14-24-11-12-26(20)22(25-21)16-3-1-4-16/h2,5-14,16H,1,3-4,23H2. The third-order valence-corrected chi connectivity index (χ3v) is 5.17. The van der Waals surface area contributed by atoms with Crippen molar-refractivity contribution in [3.05, 3.63) is 72.9 Å². The lowest BCUT2D eigenvalue weighted by Gasteiger charge is -2.23. The zero-order chi connectivity index (χ0) is 18.2. The summed E-state index contributed by atoms with van der Waals surface area (Å²) < 4.78 is 8.07. The van der Waals surface area contributed by atoms with Crippen LogP contribution in [-0.4, -0.2) is 14.4 Å². The van der Waals surface area contributed by atoms with Crippen molar-refractivity contribution >= 4 is 11.2 Å². The van der Waals surface area contributed by atoms with E-state index in [0.717, 1.165) is 34.1 Å². The van der Waals surface area contributed by atoms with E-state index in [0.29, 0.717) is 11.6 Å². The van der Waals surface area contributed by atoms with Crippen LogP contribution in [0.5, 0.6) is 11.5 Å². The SMILES string of the molecule is Nc1cccc(Oc2ccc(-c3nc(C4CCC4)n4ccncc34)cc2)c1. The van der Waals surface area contributed by atoms with Gasteiger partial charge in [0, 0.05) is 35.6 Å². The molecule has 134 valence electrons. The van der Waals surface area contributed by atoms with Crippen LogP contribution in [0.25, 0.3) is 16.8 Å². The number of nitrogen functional groups attached to an aromatic ring is 1. The van der Waals surface area contributed by atoms with Gasteiger partial charge in [-0.3, -0.25) is 9.38 Å². The molecule has 2 aromatic heterocycles. The zero-order valence-corrected chi connectivity index (χ0v) is 14.9. The van der Waals surface area contributed by atoms with Gasteiger partial charge in [-0.1, -0.05) is 12.5 Å². The fourth-order valence-corrected chi connectivity index (χ4v) is 3.52. The van der Waals surface area contributed by atoms with Gasteiger partial charge < -0.3 is 10.5 Å². The van der Waals surface area contributed by atoms with Crippen LogP contribution in [0.2, 0.25) is 0 Å². The van der Waals surface area contributed by atoms with Crippen molar-refractivity contribution < 1.29 is 4.74 Å². The van der Waals surface area contributed by atoms with Gasteiger partial charge in [-0.05, 0) is 49.2 Å². The first-order valence-corrected chi connectivity index (χ1v) is 9.24. The summed E-state index contributed by atoms with van der Waals surface area (Å²) in [5, 5.41) is 0. The third-order valence-electron chi connectivity index (χ3n) is 5.17. The van der Waals surface area contributed by atoms with Gasteiger partial charge in [0.15, 0.2) is 0 Å². The summed E-state index contributed by atoms with van der Waals surface area (Å²) in [6.07, 6.45) is 9.44. The predicted molar refractivity (Wildman–Crippen MR) is 106 cm³/mol. The van der Waals surface area contributed by atoms with Crippen molar-refractivity contribution in [3.8, 4) is 22.8 Å². The van der Waals surface area contributed by atoms with Crippen molar-refractivity contribution in [1.82, 2.24) is 14.4 Å². The molecule has 1 aliphatic rings. The van der Waals surface area contributed by atoms with Gasteiger partial charge in [0.05, 0.1) is 17.4 Å². The monoisotopic (exact) mass is 356 g/mol. The maximum Gasteiger partial charge on any atom is 0.129 e. The molecule has 5 rings (SSSR count). The number of fused-ring (bicyclic) bond motifs is 1. The molecular formula is C22H20N4O. The van der Waals surface area contributed by atoms with Gasteiger partial charge in [0.1, 0.15) is 17.3 Å². The molecule has 0 atom stereocenters. The summed E-state index contributed by atoms with van der Waals surface area (Å²) in [7, 11) is 0. The molecule has 1 saturated carbocycles. The summed E-state index contributed by atoms with van der Waals surface area (Å²) in [6, 6.07) is 15.4. The molecule has 5 heteroatoms. The molecule has 0 bridgehead atoms. The Kier molecular flexibility index (Phi) is 3.78. The minimum absolute atomic E-state index is 0.555. The average Bonchev–Trinajstić information content (AvgIpc) is 3.01. The molecule has 0 aliphatic heterocycles. The number of rotatable bonds is 4. The van der Waals surface area contributed by atoms with Crippen LogP contribution in [0.1, 0.15) is 31.0 Å². The number of nitrogens with zero attached hydrogens (tertiary/aromatic N) is 3. The summed E-state index contributed by atoms with van der Waals surface area (Å²) in [5.41, 5.74) is 9.58. The molecule has 2 heterocycles. The molecule has 1 fully saturated rings. The first-order valence-electron chi connectivity index (χ1n) is 9.24. The molecule has 5 nitrogen and oxygen atoms in total. The van der Waals surface area contributed by atoms with E-state index in [9.17, 15) is 0 Å². The molecule has 0 radical (unpaired) electrons. The quantitative estimate of drug-likeness (QED) is 0.520. The second-order valence-corrected chi connectivity index (χ2v) is 6.98. The van der Waals surface area contributed by atoms with Gasteiger partial charge in [0.25, 0.3) is 0 Å². The average molecular weight is 356 g/mol. The lowest BCUT2D eigenvalue weighted by molar-refractivity contribution is 0.400. The van der Waals surface area contributed by atoms with Gasteiger partial charge in [-0.25, -0.2) is 4.98 Å². The van der Waals surface area contributed by atoms with E-state index in [1.807, 2.05) is 67.1 Å². The predicted octanol–water partition coefficient (Wildman–Crippen LogP) is 5.04. The highest BCUT2D eigenvalue weighted by Crippen LogP contribution is 2.38. The van der Waals surface area contributed by atoms with E-state index in [1.54, 1.807) is 0 Å². The highest BCUT2D eigenvalue weighted by molar-refractivity contribution is 5.77. The van der Waals surface area contributed by atoms with Crippen LogP contribution in [0.15, 0.2) is 67.1 Å². The Morgan fingerprint density at radius 3 is 2.63 bits per heavy atom. The van der Waals surface area contributed by atoms with E-state index >= 15 is 0 Å². The normalized spacial score (nSPS) is 14.2. The Morgan fingerprint density at radius 1 is 1.04 bits per heavy atom. The summed E-state index contributed by atoms with van der Waals surface area (Å²) in [5.74, 6) is 3.20. The summed E-state index contributed by atoms with van der Waals surface area (Å²) in [4.78, 5) is 9.27. The van der Waals surface area contributed by atoms with Crippen LogP contribution < -0.4 is 10.5 Å². The number of benzene rings is 2. The molecule has 27 heavy (non-hydrogen) atoms. The number of imidazole rings is 1. The van der Waals surface area contributed by atoms with Crippen molar-refractivity contribution in [3.63, 3.8) is 0 Å². The largest absolute Gasteiger partial charge is 0.457 e. The molecule has 2 N–H and O–H groups in total. The molecular weight excluding hydrogens is 336 g/mol. The highest BCUT2D eigenvalue weighted by Gasteiger charge is 2.25. The molecule has 0 spiro atoms. The van der Waals surface area contributed by atoms with Crippen LogP contribution >= 0.6 is 0 Å². The van der Waals surface area contributed by atoms with Crippen molar-refractivity contribution in [1.29, 1.82) is 0 Å². The minimum atomic E-state index is 0.555. The third kappa shape index (κ3) is 2.91. The van der Waals surface area contributed by atoms with Gasteiger partial charge >= 0.3 is 0 Å². The molecule has 0 unspecified atom stereocenters. The Morgan fingerprint density at radius 2 is 1.89 bits per heavy atom.